The van der Waals surface area contributed by atoms with Gasteiger partial charge in [-0.05, 0) is 43.4 Å². The number of carbonyl (C=O) groups is 2. The van der Waals surface area contributed by atoms with E-state index in [-0.39, 0.29) is 18.4 Å². The summed E-state index contributed by atoms with van der Waals surface area (Å²) in [4.78, 5) is 28.1. The molecule has 2 amide bonds. The third-order valence-electron chi connectivity index (χ3n) is 6.21. The molecule has 2 N–H and O–H groups in total. The van der Waals surface area contributed by atoms with Crippen LogP contribution in [0.3, 0.4) is 0 Å². The molecule has 1 atom stereocenters. The maximum Gasteiger partial charge on any atom is 0.239 e. The minimum Gasteiger partial charge on any atom is -0.353 e. The van der Waals surface area contributed by atoms with Crippen molar-refractivity contribution in [2.45, 2.75) is 37.1 Å². The molecule has 0 bridgehead atoms. The van der Waals surface area contributed by atoms with Crippen LogP contribution in [-0.4, -0.2) is 48.9 Å². The maximum absolute atomic E-state index is 13.8. The summed E-state index contributed by atoms with van der Waals surface area (Å²) in [7, 11) is 0. The van der Waals surface area contributed by atoms with Crippen molar-refractivity contribution in [3.8, 4) is 0 Å². The standard InChI is InChI=1S/C24H29N3O2/c28-22(26-17-21-13-7-15-25-21)18-27-16-8-14-24(23(27)29,19-9-3-1-4-10-19)20-11-5-2-6-12-20/h1-6,9-12,21,25H,7-8,13-18H2,(H,26,28)/t21-/m1/s1. The molecule has 0 saturated carbocycles. The Bertz CT molecular complexity index is 792. The van der Waals surface area contributed by atoms with E-state index < -0.39 is 5.41 Å². The Hall–Kier alpha value is -2.66. The van der Waals surface area contributed by atoms with E-state index in [2.05, 4.69) is 10.6 Å². The van der Waals surface area contributed by atoms with Crippen molar-refractivity contribution in [2.75, 3.05) is 26.2 Å². The molecule has 4 rings (SSSR count). The van der Waals surface area contributed by atoms with Crippen LogP contribution in [0.5, 0.6) is 0 Å². The van der Waals surface area contributed by atoms with Crippen molar-refractivity contribution in [2.24, 2.45) is 0 Å². The van der Waals surface area contributed by atoms with Gasteiger partial charge in [0.15, 0.2) is 0 Å². The number of benzene rings is 2. The Balaban J connectivity index is 1.55. The van der Waals surface area contributed by atoms with Crippen molar-refractivity contribution in [1.82, 2.24) is 15.5 Å². The summed E-state index contributed by atoms with van der Waals surface area (Å²) in [5.41, 5.74) is 1.27. The van der Waals surface area contributed by atoms with E-state index in [1.54, 1.807) is 4.90 Å². The normalized spacial score (nSPS) is 21.2. The van der Waals surface area contributed by atoms with Crippen molar-refractivity contribution >= 4 is 11.8 Å². The second-order valence-corrected chi connectivity index (χ2v) is 8.06. The Kier molecular flexibility index (Phi) is 5.95. The molecule has 0 radical (unpaired) electrons. The molecule has 2 aromatic carbocycles. The summed E-state index contributed by atoms with van der Waals surface area (Å²) in [6, 6.07) is 20.3. The molecule has 152 valence electrons. The van der Waals surface area contributed by atoms with Gasteiger partial charge in [-0.25, -0.2) is 0 Å². The molecule has 2 saturated heterocycles. The molecule has 29 heavy (non-hydrogen) atoms. The van der Waals surface area contributed by atoms with Crippen molar-refractivity contribution in [1.29, 1.82) is 0 Å². The molecule has 2 heterocycles. The van der Waals surface area contributed by atoms with Gasteiger partial charge < -0.3 is 15.5 Å². The number of nitrogens with zero attached hydrogens (tertiary/aromatic N) is 1. The smallest absolute Gasteiger partial charge is 0.239 e. The second kappa shape index (κ2) is 8.78. The van der Waals surface area contributed by atoms with Crippen molar-refractivity contribution < 1.29 is 9.59 Å². The number of nitrogens with one attached hydrogen (secondary N) is 2. The summed E-state index contributed by atoms with van der Waals surface area (Å²) in [6.45, 7) is 2.38. The quantitative estimate of drug-likeness (QED) is 0.795. The Morgan fingerprint density at radius 2 is 1.69 bits per heavy atom. The largest absolute Gasteiger partial charge is 0.353 e. The van der Waals surface area contributed by atoms with Crippen molar-refractivity contribution in [3.05, 3.63) is 71.8 Å². The van der Waals surface area contributed by atoms with Crippen LogP contribution >= 0.6 is 0 Å². The summed E-state index contributed by atoms with van der Waals surface area (Å²) < 4.78 is 0. The lowest BCUT2D eigenvalue weighted by atomic mass is 9.68. The highest BCUT2D eigenvalue weighted by Crippen LogP contribution is 2.41. The zero-order chi connectivity index (χ0) is 20.1. The number of rotatable bonds is 6. The fourth-order valence-electron chi connectivity index (χ4n) is 4.71. The zero-order valence-electron chi connectivity index (χ0n) is 16.8. The van der Waals surface area contributed by atoms with E-state index in [1.165, 1.54) is 0 Å². The SMILES string of the molecule is O=C(CN1CCCC(c2ccccc2)(c2ccccc2)C1=O)NC[C@H]1CCCN1. The van der Waals surface area contributed by atoms with Crippen LogP contribution in [0.15, 0.2) is 60.7 Å². The number of piperidine rings is 1. The van der Waals surface area contributed by atoms with Gasteiger partial charge in [0.2, 0.25) is 11.8 Å². The molecule has 5 nitrogen and oxygen atoms in total. The average molecular weight is 392 g/mol. The Labute approximate surface area is 172 Å². The monoisotopic (exact) mass is 391 g/mol. The number of likely N-dealkylation sites (tertiary alicyclic amines) is 1. The first-order chi connectivity index (χ1) is 14.2. The first-order valence-electron chi connectivity index (χ1n) is 10.6. The van der Waals surface area contributed by atoms with E-state index in [4.69, 9.17) is 0 Å². The minimum atomic E-state index is -0.728. The van der Waals surface area contributed by atoms with Crippen LogP contribution < -0.4 is 10.6 Å². The van der Waals surface area contributed by atoms with Crippen LogP contribution in [0.2, 0.25) is 0 Å². The minimum absolute atomic E-state index is 0.0234. The molecular weight excluding hydrogens is 362 g/mol. The first-order valence-corrected chi connectivity index (χ1v) is 10.6. The van der Waals surface area contributed by atoms with Gasteiger partial charge in [-0.15, -0.1) is 0 Å². The number of hydrogen-bond acceptors (Lipinski definition) is 3. The fraction of sp³-hybridized carbons (Fsp3) is 0.417. The van der Waals surface area contributed by atoms with E-state index in [0.29, 0.717) is 19.1 Å². The molecule has 0 spiro atoms. The molecular formula is C24H29N3O2. The van der Waals surface area contributed by atoms with E-state index >= 15 is 0 Å². The third-order valence-corrected chi connectivity index (χ3v) is 6.21. The van der Waals surface area contributed by atoms with E-state index in [9.17, 15) is 9.59 Å². The summed E-state index contributed by atoms with van der Waals surface area (Å²) in [5.74, 6) is -0.0562. The first kappa shape index (κ1) is 19.6. The molecule has 0 unspecified atom stereocenters. The van der Waals surface area contributed by atoms with Gasteiger partial charge in [-0.2, -0.15) is 0 Å². The maximum atomic E-state index is 13.8. The lowest BCUT2D eigenvalue weighted by molar-refractivity contribution is -0.142. The average Bonchev–Trinajstić information content (AvgIpc) is 3.29. The van der Waals surface area contributed by atoms with Gasteiger partial charge in [-0.3, -0.25) is 9.59 Å². The predicted molar refractivity (Wildman–Crippen MR) is 114 cm³/mol. The van der Waals surface area contributed by atoms with Gasteiger partial charge in [0.25, 0.3) is 0 Å². The Morgan fingerprint density at radius 1 is 1.03 bits per heavy atom. The molecule has 2 aromatic rings. The summed E-state index contributed by atoms with van der Waals surface area (Å²) in [6.07, 6.45) is 3.87. The number of hydrogen-bond donors (Lipinski definition) is 2. The highest BCUT2D eigenvalue weighted by molar-refractivity contribution is 5.95. The topological polar surface area (TPSA) is 61.4 Å². The molecule has 2 aliphatic rings. The zero-order valence-corrected chi connectivity index (χ0v) is 16.8. The lowest BCUT2D eigenvalue weighted by Crippen LogP contribution is -2.54. The van der Waals surface area contributed by atoms with Crippen LogP contribution in [0.4, 0.5) is 0 Å². The van der Waals surface area contributed by atoms with Gasteiger partial charge >= 0.3 is 0 Å². The van der Waals surface area contributed by atoms with Crippen LogP contribution in [0.25, 0.3) is 0 Å². The van der Waals surface area contributed by atoms with Gasteiger partial charge in [0.05, 0.1) is 12.0 Å². The Morgan fingerprint density at radius 3 is 2.28 bits per heavy atom. The van der Waals surface area contributed by atoms with Gasteiger partial charge in [0.1, 0.15) is 0 Å². The molecule has 2 aliphatic heterocycles. The highest BCUT2D eigenvalue weighted by atomic mass is 16.2. The van der Waals surface area contributed by atoms with E-state index in [0.717, 1.165) is 43.4 Å². The van der Waals surface area contributed by atoms with Crippen LogP contribution in [-0.2, 0) is 15.0 Å². The molecule has 0 aliphatic carbocycles. The van der Waals surface area contributed by atoms with Crippen molar-refractivity contribution in [3.63, 3.8) is 0 Å². The number of carbonyl (C=O) groups excluding carboxylic acids is 2. The molecule has 0 aromatic heterocycles. The molecule has 2 fully saturated rings. The second-order valence-electron chi connectivity index (χ2n) is 8.06. The number of amides is 2. The van der Waals surface area contributed by atoms with Gasteiger partial charge in [-0.1, -0.05) is 60.7 Å². The highest BCUT2D eigenvalue weighted by Gasteiger charge is 2.46. The fourth-order valence-corrected chi connectivity index (χ4v) is 4.71. The van der Waals surface area contributed by atoms with Crippen LogP contribution in [0.1, 0.15) is 36.8 Å². The third kappa shape index (κ3) is 4.06. The van der Waals surface area contributed by atoms with E-state index in [1.807, 2.05) is 60.7 Å². The summed E-state index contributed by atoms with van der Waals surface area (Å²) >= 11 is 0. The summed E-state index contributed by atoms with van der Waals surface area (Å²) in [5, 5.41) is 6.39. The van der Waals surface area contributed by atoms with Crippen LogP contribution in [0, 0.1) is 0 Å². The molecule has 5 heteroatoms. The predicted octanol–water partition coefficient (Wildman–Crippen LogP) is 2.46. The lowest BCUT2D eigenvalue weighted by Gasteiger charge is -2.42. The van der Waals surface area contributed by atoms with Gasteiger partial charge in [0, 0.05) is 19.1 Å².